The van der Waals surface area contributed by atoms with E-state index in [0.29, 0.717) is 19.3 Å². The summed E-state index contributed by atoms with van der Waals surface area (Å²) in [6, 6.07) is 0. The second kappa shape index (κ2) is 69.8. The van der Waals surface area contributed by atoms with Crippen LogP contribution in [0.5, 0.6) is 0 Å². The van der Waals surface area contributed by atoms with Crippen LogP contribution in [0.25, 0.3) is 0 Å². The van der Waals surface area contributed by atoms with Crippen molar-refractivity contribution in [2.45, 2.75) is 309 Å². The first-order valence-electron chi connectivity index (χ1n) is 34.3. The Labute approximate surface area is 512 Å². The minimum absolute atomic E-state index is 0.121. The molecule has 0 N–H and O–H groups in total. The van der Waals surface area contributed by atoms with Crippen molar-refractivity contribution >= 4 is 17.9 Å². The standard InChI is InChI=1S/C77H126O6/c1-4-7-10-13-16-19-22-25-27-29-31-33-34-35-36-37-38-39-40-41-42-44-45-47-49-52-55-58-61-64-67-70-76(79)82-73-74(72-81-75(78)69-66-63-60-57-54-51-24-21-18-15-12-9-6-3)83-77(80)71-68-65-62-59-56-53-50-48-46-43-32-30-28-26-23-20-17-14-11-8-5-2/h8-9,11-12,17-18,20-22,25-26,28-29,31-32,43,48,50-51,54,56,59-60,63,74H,4-7,10,13-16,19,23-24,27,30,33-42,44-47,49,52-53,55,57-58,61-62,64-73H2,1-3H3/b11-8-,12-9-,20-17-,21-18-,25-22-,28-26-,31-29-,43-32-,50-48-,54-51-,59-56-,63-60-. The van der Waals surface area contributed by atoms with Gasteiger partial charge in [-0.25, -0.2) is 0 Å². The molecule has 470 valence electrons. The predicted molar refractivity (Wildman–Crippen MR) is 362 cm³/mol. The number of allylic oxidation sites excluding steroid dienone is 24. The lowest BCUT2D eigenvalue weighted by molar-refractivity contribution is -0.166. The molecule has 83 heavy (non-hydrogen) atoms. The molecule has 1 unspecified atom stereocenters. The summed E-state index contributed by atoms with van der Waals surface area (Å²) < 4.78 is 16.8. The Balaban J connectivity index is 4.32. The summed E-state index contributed by atoms with van der Waals surface area (Å²) in [5.41, 5.74) is 0. The molecule has 0 fully saturated rings. The molecular weight excluding hydrogens is 1020 g/mol. The van der Waals surface area contributed by atoms with Gasteiger partial charge >= 0.3 is 17.9 Å². The van der Waals surface area contributed by atoms with Crippen LogP contribution in [0.1, 0.15) is 303 Å². The molecule has 0 radical (unpaired) electrons. The highest BCUT2D eigenvalue weighted by Gasteiger charge is 2.19. The maximum atomic E-state index is 12.9. The smallest absolute Gasteiger partial charge is 0.306 e. The minimum atomic E-state index is -0.836. The fourth-order valence-electron chi connectivity index (χ4n) is 9.26. The molecule has 0 heterocycles. The number of hydrogen-bond acceptors (Lipinski definition) is 6. The summed E-state index contributed by atoms with van der Waals surface area (Å²) >= 11 is 0. The van der Waals surface area contributed by atoms with E-state index in [-0.39, 0.29) is 44.0 Å². The number of rotatable bonds is 61. The molecule has 0 saturated carbocycles. The second-order valence-corrected chi connectivity index (χ2v) is 22.3. The van der Waals surface area contributed by atoms with Gasteiger partial charge in [0.25, 0.3) is 0 Å². The molecule has 0 aromatic rings. The summed E-state index contributed by atoms with van der Waals surface area (Å²) in [5, 5.41) is 0. The average molecular weight is 1150 g/mol. The van der Waals surface area contributed by atoms with Crippen molar-refractivity contribution in [2.24, 2.45) is 0 Å². The van der Waals surface area contributed by atoms with Crippen molar-refractivity contribution < 1.29 is 28.6 Å². The lowest BCUT2D eigenvalue weighted by Crippen LogP contribution is -2.30. The molecule has 0 spiro atoms. The monoisotopic (exact) mass is 1150 g/mol. The van der Waals surface area contributed by atoms with E-state index in [4.69, 9.17) is 14.2 Å². The third kappa shape index (κ3) is 68.0. The molecule has 0 aliphatic heterocycles. The maximum absolute atomic E-state index is 12.9. The first-order chi connectivity index (χ1) is 41.0. The fraction of sp³-hybridized carbons (Fsp3) is 0.649. The zero-order chi connectivity index (χ0) is 59.9. The summed E-state index contributed by atoms with van der Waals surface area (Å²) in [7, 11) is 0. The van der Waals surface area contributed by atoms with Gasteiger partial charge in [-0.05, 0) is 128 Å². The van der Waals surface area contributed by atoms with Crippen LogP contribution in [0.4, 0.5) is 0 Å². The van der Waals surface area contributed by atoms with Gasteiger partial charge in [0, 0.05) is 19.3 Å². The largest absolute Gasteiger partial charge is 0.462 e. The van der Waals surface area contributed by atoms with Crippen LogP contribution < -0.4 is 0 Å². The normalized spacial score (nSPS) is 13.0. The van der Waals surface area contributed by atoms with Crippen LogP contribution in [0.3, 0.4) is 0 Å². The SMILES string of the molecule is CC/C=C\C/C=C\C/C=C\C/C=C\C/C=C\C/C=C\CCCCC(=O)OC(COC(=O)CC/C=C\C/C=C\C/C=C\C/C=C\CC)COC(=O)CCCCCCCCCCCCCCCCCCCCC/C=C\C/C=C\CCCCCCC. The third-order valence-corrected chi connectivity index (χ3v) is 14.3. The van der Waals surface area contributed by atoms with E-state index in [1.54, 1.807) is 0 Å². The van der Waals surface area contributed by atoms with E-state index in [1.165, 1.54) is 148 Å². The molecule has 0 aliphatic carbocycles. The van der Waals surface area contributed by atoms with Gasteiger partial charge in [-0.3, -0.25) is 14.4 Å². The first kappa shape index (κ1) is 78.3. The second-order valence-electron chi connectivity index (χ2n) is 22.3. The van der Waals surface area contributed by atoms with Crippen molar-refractivity contribution in [3.8, 4) is 0 Å². The van der Waals surface area contributed by atoms with E-state index < -0.39 is 6.10 Å². The number of hydrogen-bond donors (Lipinski definition) is 0. The molecule has 6 heteroatoms. The molecule has 0 aromatic heterocycles. The Bertz CT molecular complexity index is 1800. The Hall–Kier alpha value is -4.71. The summed E-state index contributed by atoms with van der Waals surface area (Å²) in [6.07, 6.45) is 100. The maximum Gasteiger partial charge on any atom is 0.306 e. The zero-order valence-electron chi connectivity index (χ0n) is 53.9. The third-order valence-electron chi connectivity index (χ3n) is 14.3. The van der Waals surface area contributed by atoms with Crippen molar-refractivity contribution in [3.05, 3.63) is 146 Å². The molecule has 1 atom stereocenters. The van der Waals surface area contributed by atoms with Crippen LogP contribution in [-0.4, -0.2) is 37.2 Å². The van der Waals surface area contributed by atoms with Gasteiger partial charge < -0.3 is 14.2 Å². The summed E-state index contributed by atoms with van der Waals surface area (Å²) in [6.45, 7) is 6.31. The van der Waals surface area contributed by atoms with Gasteiger partial charge in [0.2, 0.25) is 0 Å². The molecule has 0 aromatic carbocycles. The van der Waals surface area contributed by atoms with E-state index in [2.05, 4.69) is 154 Å². The Morgan fingerprint density at radius 1 is 0.253 bits per heavy atom. The van der Waals surface area contributed by atoms with E-state index in [0.717, 1.165) is 103 Å². The van der Waals surface area contributed by atoms with Crippen molar-refractivity contribution in [2.75, 3.05) is 13.2 Å². The Kier molecular flexibility index (Phi) is 65.8. The van der Waals surface area contributed by atoms with Crippen LogP contribution in [-0.2, 0) is 28.6 Å². The quantitative estimate of drug-likeness (QED) is 0.0261. The van der Waals surface area contributed by atoms with E-state index in [9.17, 15) is 14.4 Å². The van der Waals surface area contributed by atoms with Gasteiger partial charge in [0.1, 0.15) is 13.2 Å². The van der Waals surface area contributed by atoms with Gasteiger partial charge in [-0.1, -0.05) is 301 Å². The Morgan fingerprint density at radius 2 is 0.494 bits per heavy atom. The topological polar surface area (TPSA) is 78.9 Å². The van der Waals surface area contributed by atoms with Gasteiger partial charge in [-0.15, -0.1) is 0 Å². The highest BCUT2D eigenvalue weighted by molar-refractivity contribution is 5.71. The number of unbranched alkanes of at least 4 members (excludes halogenated alkanes) is 26. The number of ether oxygens (including phenoxy) is 3. The number of esters is 3. The van der Waals surface area contributed by atoms with Crippen molar-refractivity contribution in [1.29, 1.82) is 0 Å². The predicted octanol–water partition coefficient (Wildman–Crippen LogP) is 23.9. The first-order valence-corrected chi connectivity index (χ1v) is 34.3. The molecule has 6 nitrogen and oxygen atoms in total. The lowest BCUT2D eigenvalue weighted by Gasteiger charge is -2.18. The minimum Gasteiger partial charge on any atom is -0.462 e. The van der Waals surface area contributed by atoms with Gasteiger partial charge in [-0.2, -0.15) is 0 Å². The average Bonchev–Trinajstić information content (AvgIpc) is 3.49. The fourth-order valence-corrected chi connectivity index (χ4v) is 9.26. The molecule has 0 bridgehead atoms. The molecular formula is C77H126O6. The van der Waals surface area contributed by atoms with Gasteiger partial charge in [0.15, 0.2) is 6.10 Å². The van der Waals surface area contributed by atoms with Crippen molar-refractivity contribution in [3.63, 3.8) is 0 Å². The molecule has 0 saturated heterocycles. The van der Waals surface area contributed by atoms with E-state index >= 15 is 0 Å². The van der Waals surface area contributed by atoms with Crippen LogP contribution in [0.2, 0.25) is 0 Å². The molecule has 0 amide bonds. The van der Waals surface area contributed by atoms with E-state index in [1.807, 2.05) is 12.2 Å². The lowest BCUT2D eigenvalue weighted by atomic mass is 10.0. The summed E-state index contributed by atoms with van der Waals surface area (Å²) in [4.78, 5) is 38.3. The Morgan fingerprint density at radius 3 is 0.831 bits per heavy atom. The highest BCUT2D eigenvalue weighted by Crippen LogP contribution is 2.16. The zero-order valence-corrected chi connectivity index (χ0v) is 53.9. The van der Waals surface area contributed by atoms with Gasteiger partial charge in [0.05, 0.1) is 0 Å². The molecule has 0 aliphatic rings. The summed E-state index contributed by atoms with van der Waals surface area (Å²) in [5.74, 6) is -1.05. The van der Waals surface area contributed by atoms with Crippen LogP contribution >= 0.6 is 0 Å². The highest BCUT2D eigenvalue weighted by atomic mass is 16.6. The molecule has 0 rings (SSSR count). The number of carbonyl (C=O) groups is 3. The van der Waals surface area contributed by atoms with Crippen LogP contribution in [0, 0.1) is 0 Å². The number of carbonyl (C=O) groups excluding carboxylic acids is 3. The van der Waals surface area contributed by atoms with Crippen molar-refractivity contribution in [1.82, 2.24) is 0 Å². The van der Waals surface area contributed by atoms with Crippen LogP contribution in [0.15, 0.2) is 146 Å².